The molecule has 1 N–H and O–H groups in total. The first-order chi connectivity index (χ1) is 13.5. The van der Waals surface area contributed by atoms with Crippen molar-refractivity contribution in [3.05, 3.63) is 70.6 Å². The molecule has 142 valence electrons. The van der Waals surface area contributed by atoms with Gasteiger partial charge in [-0.05, 0) is 36.4 Å². The molecule has 0 radical (unpaired) electrons. The molecular weight excluding hydrogens is 360 g/mol. The molecule has 1 saturated heterocycles. The Morgan fingerprint density at radius 1 is 1.14 bits per heavy atom. The molecule has 0 saturated carbocycles. The van der Waals surface area contributed by atoms with Crippen molar-refractivity contribution in [1.82, 2.24) is 5.32 Å². The zero-order chi connectivity index (χ0) is 19.7. The summed E-state index contributed by atoms with van der Waals surface area (Å²) in [7, 11) is 1.57. The molecule has 2 aromatic carbocycles. The fourth-order valence-corrected chi connectivity index (χ4v) is 3.30. The summed E-state index contributed by atoms with van der Waals surface area (Å²) in [5, 5.41) is 3.43. The van der Waals surface area contributed by atoms with Gasteiger partial charge in [0.15, 0.2) is 0 Å². The Morgan fingerprint density at radius 2 is 1.89 bits per heavy atom. The van der Waals surface area contributed by atoms with E-state index in [2.05, 4.69) is 5.32 Å². The van der Waals surface area contributed by atoms with Gasteiger partial charge in [0.1, 0.15) is 16.9 Å². The van der Waals surface area contributed by atoms with E-state index in [9.17, 15) is 14.4 Å². The van der Waals surface area contributed by atoms with E-state index in [1.807, 2.05) is 0 Å². The number of para-hydroxylation sites is 1. The number of fused-ring (bicyclic) bond motifs is 1. The van der Waals surface area contributed by atoms with Crippen LogP contribution in [0, 0.1) is 0 Å². The van der Waals surface area contributed by atoms with E-state index in [1.165, 1.54) is 6.07 Å². The summed E-state index contributed by atoms with van der Waals surface area (Å²) in [6.07, 6.45) is 0.163. The first-order valence-corrected chi connectivity index (χ1v) is 8.83. The van der Waals surface area contributed by atoms with Gasteiger partial charge < -0.3 is 19.4 Å². The highest BCUT2D eigenvalue weighted by Gasteiger charge is 2.32. The van der Waals surface area contributed by atoms with Crippen molar-refractivity contribution in [2.24, 2.45) is 0 Å². The summed E-state index contributed by atoms with van der Waals surface area (Å²) in [6.45, 7) is 0.329. The maximum atomic E-state index is 12.6. The number of carbonyl (C=O) groups excluding carboxylic acids is 2. The van der Waals surface area contributed by atoms with E-state index in [-0.39, 0.29) is 17.9 Å². The van der Waals surface area contributed by atoms with Crippen LogP contribution in [0.3, 0.4) is 0 Å². The number of methoxy groups -OCH3 is 1. The van der Waals surface area contributed by atoms with Crippen molar-refractivity contribution in [2.45, 2.75) is 12.5 Å². The smallest absolute Gasteiger partial charge is 0.349 e. The number of nitrogens with zero attached hydrogens (tertiary/aromatic N) is 1. The van der Waals surface area contributed by atoms with Gasteiger partial charge in [-0.15, -0.1) is 0 Å². The van der Waals surface area contributed by atoms with Crippen molar-refractivity contribution in [1.29, 1.82) is 0 Å². The first kappa shape index (κ1) is 17.8. The van der Waals surface area contributed by atoms with Gasteiger partial charge in [0, 0.05) is 24.0 Å². The largest absolute Gasteiger partial charge is 0.497 e. The van der Waals surface area contributed by atoms with Crippen LogP contribution in [0.1, 0.15) is 16.8 Å². The molecule has 7 nitrogen and oxygen atoms in total. The summed E-state index contributed by atoms with van der Waals surface area (Å²) in [5.74, 6) is 0.0539. The molecule has 3 aromatic rings. The molecule has 1 aliphatic heterocycles. The quantitative estimate of drug-likeness (QED) is 0.704. The van der Waals surface area contributed by atoms with Gasteiger partial charge in [0.2, 0.25) is 5.91 Å². The monoisotopic (exact) mass is 378 g/mol. The number of anilines is 1. The molecule has 2 amide bonds. The molecule has 4 rings (SSSR count). The fraction of sp³-hybridized carbons (Fsp3) is 0.190. The van der Waals surface area contributed by atoms with Crippen molar-refractivity contribution in [3.63, 3.8) is 0 Å². The number of hydrogen-bond acceptors (Lipinski definition) is 5. The molecule has 2 heterocycles. The molecule has 7 heteroatoms. The Kier molecular flexibility index (Phi) is 4.57. The molecule has 0 aliphatic carbocycles. The minimum Gasteiger partial charge on any atom is -0.497 e. The van der Waals surface area contributed by atoms with Crippen LogP contribution in [0.2, 0.25) is 0 Å². The number of benzene rings is 2. The Morgan fingerprint density at radius 3 is 2.64 bits per heavy atom. The van der Waals surface area contributed by atoms with Crippen LogP contribution >= 0.6 is 0 Å². The predicted octanol–water partition coefficient (Wildman–Crippen LogP) is 2.34. The van der Waals surface area contributed by atoms with Crippen molar-refractivity contribution >= 4 is 28.5 Å². The molecular formula is C21H18N2O5. The van der Waals surface area contributed by atoms with Gasteiger partial charge >= 0.3 is 5.63 Å². The summed E-state index contributed by atoms with van der Waals surface area (Å²) in [6, 6.07) is 15.2. The Labute approximate surface area is 160 Å². The second-order valence-corrected chi connectivity index (χ2v) is 6.56. The summed E-state index contributed by atoms with van der Waals surface area (Å²) >= 11 is 0. The third kappa shape index (κ3) is 3.34. The highest BCUT2D eigenvalue weighted by atomic mass is 16.5. The fourth-order valence-electron chi connectivity index (χ4n) is 3.30. The lowest BCUT2D eigenvalue weighted by atomic mass is 10.1. The molecule has 1 aromatic heterocycles. The van der Waals surface area contributed by atoms with Gasteiger partial charge in [-0.25, -0.2) is 4.79 Å². The third-order valence-electron chi connectivity index (χ3n) is 4.73. The molecule has 0 bridgehead atoms. The van der Waals surface area contributed by atoms with Crippen LogP contribution in [-0.4, -0.2) is 31.5 Å². The van der Waals surface area contributed by atoms with E-state index in [4.69, 9.17) is 9.15 Å². The zero-order valence-corrected chi connectivity index (χ0v) is 15.2. The third-order valence-corrected chi connectivity index (χ3v) is 4.73. The van der Waals surface area contributed by atoms with Crippen molar-refractivity contribution in [2.75, 3.05) is 18.6 Å². The Balaban J connectivity index is 1.50. The van der Waals surface area contributed by atoms with Gasteiger partial charge in [0.05, 0.1) is 13.2 Å². The van der Waals surface area contributed by atoms with Gasteiger partial charge in [-0.2, -0.15) is 0 Å². The average Bonchev–Trinajstić information content (AvgIpc) is 3.07. The first-order valence-electron chi connectivity index (χ1n) is 8.83. The second kappa shape index (κ2) is 7.19. The summed E-state index contributed by atoms with van der Waals surface area (Å²) < 4.78 is 10.3. The maximum absolute atomic E-state index is 12.6. The minimum atomic E-state index is -0.701. The molecule has 1 atom stereocenters. The number of rotatable bonds is 4. The number of ether oxygens (including phenoxy) is 1. The van der Waals surface area contributed by atoms with E-state index < -0.39 is 17.6 Å². The highest BCUT2D eigenvalue weighted by molar-refractivity contribution is 5.99. The molecule has 1 aliphatic rings. The van der Waals surface area contributed by atoms with Crippen molar-refractivity contribution in [3.8, 4) is 5.75 Å². The second-order valence-electron chi connectivity index (χ2n) is 6.56. The zero-order valence-electron chi connectivity index (χ0n) is 15.2. The Bertz CT molecular complexity index is 1100. The summed E-state index contributed by atoms with van der Waals surface area (Å²) in [5.41, 5.74) is 0.375. The van der Waals surface area contributed by atoms with E-state index >= 15 is 0 Å². The van der Waals surface area contributed by atoms with Gasteiger partial charge in [-0.1, -0.05) is 18.2 Å². The predicted molar refractivity (Wildman–Crippen MR) is 104 cm³/mol. The van der Waals surface area contributed by atoms with Crippen LogP contribution in [0.15, 0.2) is 63.8 Å². The molecule has 0 spiro atoms. The topological polar surface area (TPSA) is 88.8 Å². The number of nitrogens with one attached hydrogen (secondary N) is 1. The lowest BCUT2D eigenvalue weighted by Gasteiger charge is -2.17. The maximum Gasteiger partial charge on any atom is 0.349 e. The van der Waals surface area contributed by atoms with Crippen LogP contribution in [0.5, 0.6) is 5.75 Å². The number of amides is 2. The van der Waals surface area contributed by atoms with Crippen LogP contribution in [0.4, 0.5) is 5.69 Å². The van der Waals surface area contributed by atoms with E-state index in [0.29, 0.717) is 23.3 Å². The van der Waals surface area contributed by atoms with Crippen LogP contribution in [0.25, 0.3) is 11.0 Å². The standard InChI is InChI=1S/C21H18N2O5/c1-27-16-8-6-15(7-9-16)23-12-14(11-19(23)24)22-20(25)17-10-13-4-2-3-5-18(13)28-21(17)26/h2-10,14H,11-12H2,1H3,(H,22,25). The van der Waals surface area contributed by atoms with Crippen LogP contribution < -0.4 is 20.6 Å². The van der Waals surface area contributed by atoms with Gasteiger partial charge in [0.25, 0.3) is 5.91 Å². The SMILES string of the molecule is COc1ccc(N2CC(NC(=O)c3cc4ccccc4oc3=O)CC2=O)cc1. The highest BCUT2D eigenvalue weighted by Crippen LogP contribution is 2.24. The van der Waals surface area contributed by atoms with E-state index in [0.717, 1.165) is 5.69 Å². The molecule has 28 heavy (non-hydrogen) atoms. The average molecular weight is 378 g/mol. The van der Waals surface area contributed by atoms with Crippen LogP contribution in [-0.2, 0) is 4.79 Å². The lowest BCUT2D eigenvalue weighted by Crippen LogP contribution is -2.39. The number of carbonyl (C=O) groups is 2. The summed E-state index contributed by atoms with van der Waals surface area (Å²) in [4.78, 5) is 38.7. The molecule has 1 unspecified atom stereocenters. The lowest BCUT2D eigenvalue weighted by molar-refractivity contribution is -0.117. The molecule has 1 fully saturated rings. The van der Waals surface area contributed by atoms with Crippen molar-refractivity contribution < 1.29 is 18.7 Å². The van der Waals surface area contributed by atoms with E-state index in [1.54, 1.807) is 60.5 Å². The normalized spacial score (nSPS) is 16.4. The Hall–Kier alpha value is -3.61. The number of hydrogen-bond donors (Lipinski definition) is 1. The van der Waals surface area contributed by atoms with Gasteiger partial charge in [-0.3, -0.25) is 9.59 Å². The minimum absolute atomic E-state index is 0.0750.